The summed E-state index contributed by atoms with van der Waals surface area (Å²) in [6.07, 6.45) is 4.79. The zero-order valence-electron chi connectivity index (χ0n) is 6.79. The van der Waals surface area contributed by atoms with E-state index >= 15 is 0 Å². The molecule has 0 spiro atoms. The van der Waals surface area contributed by atoms with Crippen molar-refractivity contribution < 1.29 is 13.0 Å². The zero-order valence-corrected chi connectivity index (χ0v) is 7.61. The van der Waals surface area contributed by atoms with Crippen LogP contribution in [0.2, 0.25) is 0 Å². The second-order valence-electron chi connectivity index (χ2n) is 2.09. The lowest BCUT2D eigenvalue weighted by Crippen LogP contribution is -1.88. The average Bonchev–Trinajstić information content (AvgIpc) is 1.63. The summed E-state index contributed by atoms with van der Waals surface area (Å²) in [7, 11) is -3.67. The molecule has 4 heteroatoms. The lowest BCUT2D eigenvalue weighted by atomic mass is 10.3. The predicted molar refractivity (Wildman–Crippen MR) is 42.7 cm³/mol. The summed E-state index contributed by atoms with van der Waals surface area (Å²) in [6, 6.07) is 0. The lowest BCUT2D eigenvalue weighted by molar-refractivity contribution is 0.490. The summed E-state index contributed by atoms with van der Waals surface area (Å²) >= 11 is 0. The average molecular weight is 168 g/mol. The largest absolute Gasteiger partial charge is 0.286 e. The number of hydrogen-bond donors (Lipinski definition) is 1. The Morgan fingerprint density at radius 3 is 1.40 bits per heavy atom. The van der Waals surface area contributed by atoms with Crippen LogP contribution in [0.1, 0.15) is 33.1 Å². The predicted octanol–water partition coefficient (Wildman–Crippen LogP) is 1.70. The van der Waals surface area contributed by atoms with Gasteiger partial charge in [-0.15, -0.1) is 0 Å². The normalized spacial score (nSPS) is 10.0. The molecule has 0 saturated carbocycles. The Balaban J connectivity index is 0. The molecular formula is C6H16O3S. The van der Waals surface area contributed by atoms with Crippen LogP contribution in [-0.4, -0.2) is 19.2 Å². The molecule has 0 aliphatic rings. The monoisotopic (exact) mass is 168 g/mol. The van der Waals surface area contributed by atoms with Crippen LogP contribution in [0.25, 0.3) is 0 Å². The van der Waals surface area contributed by atoms with Crippen LogP contribution in [0.4, 0.5) is 0 Å². The van der Waals surface area contributed by atoms with Crippen molar-refractivity contribution in [3.8, 4) is 0 Å². The van der Waals surface area contributed by atoms with E-state index < -0.39 is 10.1 Å². The molecule has 3 nitrogen and oxygen atoms in total. The number of hydrogen-bond acceptors (Lipinski definition) is 2. The number of unbranched alkanes of at least 4 members (excludes halogenated alkanes) is 2. The fourth-order valence-electron chi connectivity index (χ4n) is 0.354. The third-order valence-electron chi connectivity index (χ3n) is 0.707. The molecule has 0 aromatic heterocycles. The van der Waals surface area contributed by atoms with Crippen LogP contribution in [0.5, 0.6) is 0 Å². The van der Waals surface area contributed by atoms with Crippen molar-refractivity contribution in [1.29, 1.82) is 0 Å². The fraction of sp³-hybridized carbons (Fsp3) is 1.00. The molecule has 0 aromatic rings. The van der Waals surface area contributed by atoms with Crippen LogP contribution in [-0.2, 0) is 10.1 Å². The standard InChI is InChI=1S/C5H12.CH4O3S/c1-3-5-4-2;1-5(2,3)4/h3-5H2,1-2H3;1H3,(H,2,3,4). The van der Waals surface area contributed by atoms with E-state index in [1.807, 2.05) is 0 Å². The van der Waals surface area contributed by atoms with Crippen LogP contribution in [0, 0.1) is 0 Å². The third-order valence-corrected chi connectivity index (χ3v) is 0.707. The first-order valence-corrected chi connectivity index (χ1v) is 5.19. The van der Waals surface area contributed by atoms with Gasteiger partial charge in [0.2, 0.25) is 0 Å². The van der Waals surface area contributed by atoms with Gasteiger partial charge in [0.15, 0.2) is 0 Å². The van der Waals surface area contributed by atoms with Gasteiger partial charge in [0.1, 0.15) is 0 Å². The highest BCUT2D eigenvalue weighted by Gasteiger charge is 1.81. The van der Waals surface area contributed by atoms with Crippen LogP contribution >= 0.6 is 0 Å². The minimum absolute atomic E-state index is 0.715. The molecule has 0 atom stereocenters. The molecular weight excluding hydrogens is 152 g/mol. The van der Waals surface area contributed by atoms with Gasteiger partial charge in [-0.1, -0.05) is 33.1 Å². The molecule has 0 bridgehead atoms. The summed E-state index contributed by atoms with van der Waals surface area (Å²) in [4.78, 5) is 0. The smallest absolute Gasteiger partial charge is 0.261 e. The Morgan fingerprint density at radius 2 is 1.40 bits per heavy atom. The van der Waals surface area contributed by atoms with E-state index in [0.29, 0.717) is 6.26 Å². The van der Waals surface area contributed by atoms with Gasteiger partial charge in [-0.3, -0.25) is 4.55 Å². The molecule has 0 rings (SSSR count). The molecule has 0 aromatic carbocycles. The van der Waals surface area contributed by atoms with Crippen LogP contribution < -0.4 is 0 Å². The van der Waals surface area contributed by atoms with Crippen molar-refractivity contribution in [2.45, 2.75) is 33.1 Å². The molecule has 0 heterocycles. The van der Waals surface area contributed by atoms with Gasteiger partial charge in [-0.25, -0.2) is 0 Å². The van der Waals surface area contributed by atoms with E-state index in [0.717, 1.165) is 0 Å². The van der Waals surface area contributed by atoms with E-state index in [1.165, 1.54) is 19.3 Å². The molecule has 0 amide bonds. The highest BCUT2D eigenvalue weighted by Crippen LogP contribution is 1.88. The lowest BCUT2D eigenvalue weighted by Gasteiger charge is -1.79. The first-order chi connectivity index (χ1) is 4.41. The van der Waals surface area contributed by atoms with E-state index in [9.17, 15) is 8.42 Å². The van der Waals surface area contributed by atoms with E-state index in [-0.39, 0.29) is 0 Å². The third kappa shape index (κ3) is 104. The van der Waals surface area contributed by atoms with Crippen molar-refractivity contribution in [3.05, 3.63) is 0 Å². The molecule has 0 radical (unpaired) electrons. The SMILES string of the molecule is CCCCC.CS(=O)(=O)O. The molecule has 1 N–H and O–H groups in total. The van der Waals surface area contributed by atoms with Gasteiger partial charge in [-0.05, 0) is 0 Å². The maximum Gasteiger partial charge on any atom is 0.261 e. The minimum Gasteiger partial charge on any atom is -0.286 e. The van der Waals surface area contributed by atoms with Crippen LogP contribution in [0.3, 0.4) is 0 Å². The van der Waals surface area contributed by atoms with Crippen molar-refractivity contribution in [1.82, 2.24) is 0 Å². The molecule has 0 aliphatic heterocycles. The Morgan fingerprint density at radius 1 is 1.20 bits per heavy atom. The minimum atomic E-state index is -3.67. The van der Waals surface area contributed by atoms with Crippen molar-refractivity contribution in [2.24, 2.45) is 0 Å². The van der Waals surface area contributed by atoms with E-state index in [2.05, 4.69) is 13.8 Å². The van der Waals surface area contributed by atoms with Gasteiger partial charge < -0.3 is 0 Å². The van der Waals surface area contributed by atoms with Gasteiger partial charge >= 0.3 is 0 Å². The Hall–Kier alpha value is -0.0900. The summed E-state index contributed by atoms with van der Waals surface area (Å²) in [6.45, 7) is 4.42. The molecule has 0 saturated heterocycles. The van der Waals surface area contributed by atoms with Gasteiger partial charge in [-0.2, -0.15) is 8.42 Å². The molecule has 64 valence electrons. The topological polar surface area (TPSA) is 54.4 Å². The Kier molecular flexibility index (Phi) is 8.83. The molecule has 0 aliphatic carbocycles. The van der Waals surface area contributed by atoms with Gasteiger partial charge in [0.05, 0.1) is 6.26 Å². The maximum atomic E-state index is 9.19. The summed E-state index contributed by atoms with van der Waals surface area (Å²) in [5.74, 6) is 0. The molecule has 0 fully saturated rings. The van der Waals surface area contributed by atoms with Gasteiger partial charge in [0, 0.05) is 0 Å². The summed E-state index contributed by atoms with van der Waals surface area (Å²) in [5.41, 5.74) is 0. The van der Waals surface area contributed by atoms with E-state index in [1.54, 1.807) is 0 Å². The second kappa shape index (κ2) is 7.02. The second-order valence-corrected chi connectivity index (χ2v) is 3.55. The first kappa shape index (κ1) is 12.6. The first-order valence-electron chi connectivity index (χ1n) is 3.34. The van der Waals surface area contributed by atoms with Crippen LogP contribution in [0.15, 0.2) is 0 Å². The maximum absolute atomic E-state index is 9.19. The Bertz CT molecular complexity index is 127. The van der Waals surface area contributed by atoms with Gasteiger partial charge in [0.25, 0.3) is 10.1 Å². The zero-order chi connectivity index (χ0) is 8.62. The fourth-order valence-corrected chi connectivity index (χ4v) is 0.354. The Labute approximate surface area is 63.2 Å². The highest BCUT2D eigenvalue weighted by molar-refractivity contribution is 7.85. The van der Waals surface area contributed by atoms with Crippen molar-refractivity contribution >= 4 is 10.1 Å². The highest BCUT2D eigenvalue weighted by atomic mass is 32.2. The number of rotatable bonds is 2. The molecule has 10 heavy (non-hydrogen) atoms. The summed E-state index contributed by atoms with van der Waals surface area (Å²) < 4.78 is 25.9. The van der Waals surface area contributed by atoms with Crippen molar-refractivity contribution in [3.63, 3.8) is 0 Å². The van der Waals surface area contributed by atoms with Crippen molar-refractivity contribution in [2.75, 3.05) is 6.26 Å². The quantitative estimate of drug-likeness (QED) is 0.638. The molecule has 0 unspecified atom stereocenters. The summed E-state index contributed by atoms with van der Waals surface area (Å²) in [5, 5.41) is 0. The van der Waals surface area contributed by atoms with E-state index in [4.69, 9.17) is 4.55 Å².